The third kappa shape index (κ3) is 4.44. The molecular weight excluding hydrogens is 378 g/mol. The summed E-state index contributed by atoms with van der Waals surface area (Å²) < 4.78 is 5.51. The van der Waals surface area contributed by atoms with Crippen molar-refractivity contribution in [3.05, 3.63) is 60.4 Å². The number of aromatic nitrogens is 3. The lowest BCUT2D eigenvalue weighted by Crippen LogP contribution is -2.47. The van der Waals surface area contributed by atoms with Crippen LogP contribution in [0.5, 0.6) is 5.75 Å². The van der Waals surface area contributed by atoms with Gasteiger partial charge < -0.3 is 20.7 Å². The number of methoxy groups -OCH3 is 1. The molecule has 8 nitrogen and oxygen atoms in total. The van der Waals surface area contributed by atoms with Gasteiger partial charge >= 0.3 is 0 Å². The van der Waals surface area contributed by atoms with Crippen molar-refractivity contribution in [3.63, 3.8) is 0 Å². The molecule has 1 unspecified atom stereocenters. The zero-order valence-electron chi connectivity index (χ0n) is 17.3. The highest BCUT2D eigenvalue weighted by atomic mass is 16.5. The molecule has 0 saturated carbocycles. The summed E-state index contributed by atoms with van der Waals surface area (Å²) in [6.07, 6.45) is 0. The Kier molecular flexibility index (Phi) is 5.94. The highest BCUT2D eigenvalue weighted by Gasteiger charge is 2.25. The van der Waals surface area contributed by atoms with Crippen LogP contribution in [0.15, 0.2) is 54.6 Å². The monoisotopic (exact) mass is 405 g/mol. The molecule has 1 aliphatic heterocycles. The molecule has 1 atom stereocenters. The predicted molar refractivity (Wildman–Crippen MR) is 119 cm³/mol. The van der Waals surface area contributed by atoms with E-state index in [-0.39, 0.29) is 12.0 Å². The summed E-state index contributed by atoms with van der Waals surface area (Å²) in [5, 5.41) is 3.20. The van der Waals surface area contributed by atoms with E-state index in [1.165, 1.54) is 0 Å². The lowest BCUT2D eigenvalue weighted by molar-refractivity contribution is 0.191. The van der Waals surface area contributed by atoms with Gasteiger partial charge in [-0.1, -0.05) is 30.3 Å². The molecule has 3 N–H and O–H groups in total. The number of nitrogens with two attached hydrogens (primary N) is 1. The van der Waals surface area contributed by atoms with Gasteiger partial charge in [0.15, 0.2) is 5.82 Å². The summed E-state index contributed by atoms with van der Waals surface area (Å²) in [5.41, 5.74) is 8.01. The van der Waals surface area contributed by atoms with Crippen molar-refractivity contribution < 1.29 is 4.74 Å². The van der Waals surface area contributed by atoms with E-state index in [0.717, 1.165) is 43.3 Å². The molecule has 30 heavy (non-hydrogen) atoms. The van der Waals surface area contributed by atoms with Crippen LogP contribution in [0, 0.1) is 0 Å². The normalized spacial score (nSPS) is 15.6. The Morgan fingerprint density at radius 1 is 0.933 bits per heavy atom. The lowest BCUT2D eigenvalue weighted by Gasteiger charge is -2.39. The second-order valence-corrected chi connectivity index (χ2v) is 7.24. The van der Waals surface area contributed by atoms with Gasteiger partial charge in [-0.3, -0.25) is 4.90 Å². The highest BCUT2D eigenvalue weighted by molar-refractivity contribution is 5.58. The van der Waals surface area contributed by atoms with Crippen molar-refractivity contribution in [3.8, 4) is 5.75 Å². The highest BCUT2D eigenvalue weighted by Crippen LogP contribution is 2.29. The third-order valence-electron chi connectivity index (χ3n) is 5.36. The molecule has 156 valence electrons. The molecule has 0 spiro atoms. The molecule has 2 aromatic carbocycles. The standard InChI is InChI=1S/C22H27N7O/c1-16(20-25-21(23)27-22(26-20)24-17-8-4-3-5-9-17)28-12-14-29(15-13-28)18-10-6-7-11-19(18)30-2/h3-11,16H,12-15H2,1-2H3,(H3,23,24,25,26,27). The van der Waals surface area contributed by atoms with Crippen LogP contribution in [0.3, 0.4) is 0 Å². The van der Waals surface area contributed by atoms with Crippen molar-refractivity contribution in [2.24, 2.45) is 0 Å². The number of anilines is 4. The number of ether oxygens (including phenoxy) is 1. The van der Waals surface area contributed by atoms with Gasteiger partial charge in [0.05, 0.1) is 18.8 Å². The average Bonchev–Trinajstić information content (AvgIpc) is 2.79. The zero-order valence-corrected chi connectivity index (χ0v) is 17.3. The van der Waals surface area contributed by atoms with E-state index in [1.54, 1.807) is 7.11 Å². The van der Waals surface area contributed by atoms with E-state index in [2.05, 4.69) is 43.1 Å². The first-order valence-corrected chi connectivity index (χ1v) is 10.1. The smallest absolute Gasteiger partial charge is 0.232 e. The molecule has 2 heterocycles. The summed E-state index contributed by atoms with van der Waals surface area (Å²) in [6.45, 7) is 5.71. The molecule has 0 aliphatic carbocycles. The fourth-order valence-corrected chi connectivity index (χ4v) is 3.71. The second kappa shape index (κ2) is 8.96. The molecule has 0 bridgehead atoms. The van der Waals surface area contributed by atoms with Crippen LogP contribution >= 0.6 is 0 Å². The maximum absolute atomic E-state index is 5.97. The Labute approximate surface area is 176 Å². The maximum atomic E-state index is 5.97. The van der Waals surface area contributed by atoms with Crippen molar-refractivity contribution in [2.75, 3.05) is 49.2 Å². The minimum Gasteiger partial charge on any atom is -0.495 e. The number of hydrogen-bond donors (Lipinski definition) is 2. The molecule has 1 aromatic heterocycles. The topological polar surface area (TPSA) is 92.4 Å². The van der Waals surface area contributed by atoms with E-state index in [1.807, 2.05) is 48.5 Å². The number of nitrogens with one attached hydrogen (secondary N) is 1. The van der Waals surface area contributed by atoms with Gasteiger partial charge in [-0.15, -0.1) is 0 Å². The first-order chi connectivity index (χ1) is 14.6. The first kappa shape index (κ1) is 19.9. The Hall–Kier alpha value is -3.39. The molecule has 0 amide bonds. The van der Waals surface area contributed by atoms with Crippen LogP contribution < -0.4 is 20.7 Å². The Morgan fingerprint density at radius 2 is 1.63 bits per heavy atom. The predicted octanol–water partition coefficient (Wildman–Crippen LogP) is 3.09. The van der Waals surface area contributed by atoms with Crippen LogP contribution in [-0.2, 0) is 0 Å². The quantitative estimate of drug-likeness (QED) is 0.646. The van der Waals surface area contributed by atoms with E-state index in [4.69, 9.17) is 10.5 Å². The van der Waals surface area contributed by atoms with Crippen molar-refractivity contribution in [2.45, 2.75) is 13.0 Å². The Morgan fingerprint density at radius 3 is 2.37 bits per heavy atom. The Bertz CT molecular complexity index is 974. The number of nitrogen functional groups attached to an aromatic ring is 1. The minimum atomic E-state index is 0.0337. The molecule has 0 radical (unpaired) electrons. The average molecular weight is 406 g/mol. The fraction of sp³-hybridized carbons (Fsp3) is 0.318. The van der Waals surface area contributed by atoms with Crippen LogP contribution in [0.25, 0.3) is 0 Å². The van der Waals surface area contributed by atoms with Crippen LogP contribution in [0.1, 0.15) is 18.8 Å². The van der Waals surface area contributed by atoms with Crippen molar-refractivity contribution in [1.82, 2.24) is 19.9 Å². The zero-order chi connectivity index (χ0) is 20.9. The van der Waals surface area contributed by atoms with Gasteiger partial charge in [-0.05, 0) is 31.2 Å². The lowest BCUT2D eigenvalue weighted by atomic mass is 10.2. The van der Waals surface area contributed by atoms with Crippen molar-refractivity contribution in [1.29, 1.82) is 0 Å². The summed E-state index contributed by atoms with van der Waals surface area (Å²) >= 11 is 0. The summed E-state index contributed by atoms with van der Waals surface area (Å²) in [6, 6.07) is 18.0. The second-order valence-electron chi connectivity index (χ2n) is 7.24. The number of rotatable bonds is 6. The molecule has 8 heteroatoms. The number of benzene rings is 2. The van der Waals surface area contributed by atoms with E-state index < -0.39 is 0 Å². The Balaban J connectivity index is 1.44. The SMILES string of the molecule is COc1ccccc1N1CCN(C(C)c2nc(N)nc(Nc3ccccc3)n2)CC1. The largest absolute Gasteiger partial charge is 0.495 e. The molecule has 4 rings (SSSR count). The van der Waals surface area contributed by atoms with E-state index >= 15 is 0 Å². The van der Waals surface area contributed by atoms with Crippen LogP contribution in [0.2, 0.25) is 0 Å². The van der Waals surface area contributed by atoms with E-state index in [0.29, 0.717) is 11.8 Å². The molecule has 3 aromatic rings. The van der Waals surface area contributed by atoms with Crippen LogP contribution in [-0.4, -0.2) is 53.1 Å². The van der Waals surface area contributed by atoms with E-state index in [9.17, 15) is 0 Å². The fourth-order valence-electron chi connectivity index (χ4n) is 3.71. The summed E-state index contributed by atoms with van der Waals surface area (Å²) in [4.78, 5) is 18.0. The maximum Gasteiger partial charge on any atom is 0.232 e. The van der Waals surface area contributed by atoms with Gasteiger partial charge in [0.2, 0.25) is 11.9 Å². The molecule has 1 aliphatic rings. The third-order valence-corrected chi connectivity index (χ3v) is 5.36. The number of para-hydroxylation sites is 3. The first-order valence-electron chi connectivity index (χ1n) is 10.1. The van der Waals surface area contributed by atoms with Gasteiger partial charge in [-0.25, -0.2) is 0 Å². The summed E-state index contributed by atoms with van der Waals surface area (Å²) in [7, 11) is 1.71. The van der Waals surface area contributed by atoms with Gasteiger partial charge in [0.25, 0.3) is 0 Å². The number of hydrogen-bond acceptors (Lipinski definition) is 8. The van der Waals surface area contributed by atoms with Gasteiger partial charge in [0.1, 0.15) is 5.75 Å². The van der Waals surface area contributed by atoms with Crippen LogP contribution in [0.4, 0.5) is 23.3 Å². The molecular formula is C22H27N7O. The molecule has 1 fully saturated rings. The number of piperazine rings is 1. The van der Waals surface area contributed by atoms with Gasteiger partial charge in [-0.2, -0.15) is 15.0 Å². The summed E-state index contributed by atoms with van der Waals surface area (Å²) in [5.74, 6) is 2.26. The number of nitrogens with zero attached hydrogens (tertiary/aromatic N) is 5. The van der Waals surface area contributed by atoms with Gasteiger partial charge in [0, 0.05) is 31.9 Å². The minimum absolute atomic E-state index is 0.0337. The van der Waals surface area contributed by atoms with Crippen molar-refractivity contribution >= 4 is 23.3 Å². The molecule has 1 saturated heterocycles.